The summed E-state index contributed by atoms with van der Waals surface area (Å²) in [5.41, 5.74) is 4.70. The Kier molecular flexibility index (Phi) is 5.53. The number of aromatic nitrogens is 2. The Morgan fingerprint density at radius 3 is 2.35 bits per heavy atom. The van der Waals surface area contributed by atoms with E-state index in [0.717, 1.165) is 39.9 Å². The number of thiophene rings is 1. The maximum absolute atomic E-state index is 6.34. The number of hydrogen-bond donors (Lipinski definition) is 0. The molecule has 0 amide bonds. The number of anilines is 1. The average Bonchev–Trinajstić information content (AvgIpc) is 3.55. The lowest BCUT2D eigenvalue weighted by Gasteiger charge is -2.21. The van der Waals surface area contributed by atoms with Gasteiger partial charge in [-0.25, -0.2) is 15.0 Å². The molecule has 3 heterocycles. The molecule has 0 N–H and O–H groups in total. The van der Waals surface area contributed by atoms with Crippen molar-refractivity contribution in [1.82, 2.24) is 9.97 Å². The van der Waals surface area contributed by atoms with Crippen LogP contribution in [0.4, 0.5) is 5.95 Å². The third kappa shape index (κ3) is 3.96. The molecular formula is C27H18Cl2N4S. The molecule has 1 atom stereocenters. The zero-order chi connectivity index (χ0) is 23.1. The Morgan fingerprint density at radius 1 is 0.794 bits per heavy atom. The van der Waals surface area contributed by atoms with Crippen LogP contribution in [0.3, 0.4) is 0 Å². The summed E-state index contributed by atoms with van der Waals surface area (Å²) in [4.78, 5) is 11.2. The molecule has 1 aliphatic heterocycles. The maximum Gasteiger partial charge on any atom is 0.247 e. The number of nitrogens with zero attached hydrogens (tertiary/aromatic N) is 4. The lowest BCUT2D eigenvalue weighted by Crippen LogP contribution is -2.20. The smallest absolute Gasteiger partial charge is 0.223 e. The number of hydrazone groups is 1. The van der Waals surface area contributed by atoms with Crippen molar-refractivity contribution in [3.05, 3.63) is 111 Å². The molecule has 0 radical (unpaired) electrons. The molecule has 0 unspecified atom stereocenters. The second-order valence-electron chi connectivity index (χ2n) is 8.03. The highest BCUT2D eigenvalue weighted by atomic mass is 35.5. The summed E-state index contributed by atoms with van der Waals surface area (Å²) in [5.74, 6) is 0.566. The molecule has 0 saturated carbocycles. The van der Waals surface area contributed by atoms with E-state index in [9.17, 15) is 0 Å². The van der Waals surface area contributed by atoms with Crippen LogP contribution in [0.25, 0.3) is 22.2 Å². The Balaban J connectivity index is 1.53. The van der Waals surface area contributed by atoms with Crippen molar-refractivity contribution in [2.45, 2.75) is 12.5 Å². The van der Waals surface area contributed by atoms with Crippen molar-refractivity contribution in [2.24, 2.45) is 5.10 Å². The number of halogens is 2. The quantitative estimate of drug-likeness (QED) is 0.250. The van der Waals surface area contributed by atoms with E-state index in [-0.39, 0.29) is 6.04 Å². The van der Waals surface area contributed by atoms with E-state index in [1.54, 1.807) is 11.3 Å². The van der Waals surface area contributed by atoms with Crippen LogP contribution >= 0.6 is 34.5 Å². The van der Waals surface area contributed by atoms with E-state index in [2.05, 4.69) is 29.6 Å². The Bertz CT molecular complexity index is 1500. The second kappa shape index (κ2) is 8.84. The molecule has 7 heteroatoms. The molecule has 6 rings (SSSR count). The van der Waals surface area contributed by atoms with Gasteiger partial charge in [0.15, 0.2) is 0 Å². The minimum absolute atomic E-state index is 0.0130. The summed E-state index contributed by atoms with van der Waals surface area (Å²) >= 11 is 14.2. The van der Waals surface area contributed by atoms with Gasteiger partial charge in [0, 0.05) is 32.3 Å². The second-order valence-corrected chi connectivity index (χ2v) is 9.89. The van der Waals surface area contributed by atoms with Crippen molar-refractivity contribution in [1.29, 1.82) is 0 Å². The van der Waals surface area contributed by atoms with Gasteiger partial charge in [-0.1, -0.05) is 71.7 Å². The van der Waals surface area contributed by atoms with E-state index in [1.165, 1.54) is 4.88 Å². The third-order valence-electron chi connectivity index (χ3n) is 5.86. The molecular weight excluding hydrogens is 483 g/mol. The topological polar surface area (TPSA) is 41.4 Å². The molecule has 3 aromatic carbocycles. The Hall–Kier alpha value is -3.25. The Labute approximate surface area is 211 Å². The molecule has 4 nitrogen and oxygen atoms in total. The zero-order valence-corrected chi connectivity index (χ0v) is 20.2. The first-order chi connectivity index (χ1) is 16.7. The van der Waals surface area contributed by atoms with Crippen molar-refractivity contribution in [3.8, 4) is 11.3 Å². The summed E-state index contributed by atoms with van der Waals surface area (Å²) < 4.78 is 0. The number of benzene rings is 3. The first kappa shape index (κ1) is 21.3. The van der Waals surface area contributed by atoms with Gasteiger partial charge < -0.3 is 0 Å². The predicted molar refractivity (Wildman–Crippen MR) is 142 cm³/mol. The van der Waals surface area contributed by atoms with Crippen LogP contribution in [0.5, 0.6) is 0 Å². The van der Waals surface area contributed by atoms with Gasteiger partial charge in [0.1, 0.15) is 0 Å². The van der Waals surface area contributed by atoms with Crippen LogP contribution in [0, 0.1) is 0 Å². The summed E-state index contributed by atoms with van der Waals surface area (Å²) in [6.07, 6.45) is 0.755. The minimum atomic E-state index is 0.0130. The van der Waals surface area contributed by atoms with Crippen LogP contribution in [0.1, 0.15) is 22.9 Å². The van der Waals surface area contributed by atoms with Crippen molar-refractivity contribution >= 4 is 57.1 Å². The van der Waals surface area contributed by atoms with Crippen LogP contribution in [-0.2, 0) is 0 Å². The molecule has 2 aromatic heterocycles. The summed E-state index contributed by atoms with van der Waals surface area (Å²) in [5, 5.41) is 11.3. The monoisotopic (exact) mass is 500 g/mol. The minimum Gasteiger partial charge on any atom is -0.223 e. The molecule has 0 bridgehead atoms. The van der Waals surface area contributed by atoms with Crippen LogP contribution in [-0.4, -0.2) is 15.7 Å². The summed E-state index contributed by atoms with van der Waals surface area (Å²) in [6.45, 7) is 0. The number of hydrogen-bond acceptors (Lipinski definition) is 5. The van der Waals surface area contributed by atoms with Gasteiger partial charge in [-0.2, -0.15) is 5.10 Å². The van der Waals surface area contributed by atoms with Crippen LogP contribution in [0.15, 0.2) is 95.4 Å². The molecule has 5 aromatic rings. The molecule has 0 spiro atoms. The fourth-order valence-electron chi connectivity index (χ4n) is 4.22. The Morgan fingerprint density at radius 2 is 1.59 bits per heavy atom. The van der Waals surface area contributed by atoms with Gasteiger partial charge in [0.25, 0.3) is 0 Å². The molecule has 34 heavy (non-hydrogen) atoms. The van der Waals surface area contributed by atoms with E-state index in [4.69, 9.17) is 38.3 Å². The summed E-state index contributed by atoms with van der Waals surface area (Å²) in [7, 11) is 0. The number of fused-ring (bicyclic) bond motifs is 1. The standard InChI is InChI=1S/C27H18Cl2N4S/c28-19-10-8-17(9-11-19)23-16-24(25-7-4-14-34-25)33(32-23)27-30-22-13-12-20(29)15-21(22)26(31-27)18-5-2-1-3-6-18/h1-15,24H,16H2/t24-/m0/s1. The van der Waals surface area contributed by atoms with Gasteiger partial charge in [-0.15, -0.1) is 11.3 Å². The lowest BCUT2D eigenvalue weighted by molar-refractivity contribution is 0.700. The fourth-order valence-corrected chi connectivity index (χ4v) is 5.33. The highest BCUT2D eigenvalue weighted by Crippen LogP contribution is 2.39. The maximum atomic E-state index is 6.34. The van der Waals surface area contributed by atoms with Gasteiger partial charge in [0.05, 0.1) is 23.0 Å². The average molecular weight is 501 g/mol. The first-order valence-corrected chi connectivity index (χ1v) is 12.5. The SMILES string of the molecule is Clc1ccc(C2=NN(c3nc(-c4ccccc4)c4cc(Cl)ccc4n3)[C@H](c3cccs3)C2)cc1. The van der Waals surface area contributed by atoms with Crippen LogP contribution < -0.4 is 5.01 Å². The highest BCUT2D eigenvalue weighted by molar-refractivity contribution is 7.10. The normalized spacial score (nSPS) is 15.6. The van der Waals surface area contributed by atoms with E-state index >= 15 is 0 Å². The number of rotatable bonds is 4. The van der Waals surface area contributed by atoms with E-state index in [1.807, 2.05) is 65.7 Å². The van der Waals surface area contributed by atoms with Gasteiger partial charge in [-0.05, 0) is 47.3 Å². The van der Waals surface area contributed by atoms with Crippen LogP contribution in [0.2, 0.25) is 10.0 Å². The van der Waals surface area contributed by atoms with E-state index in [0.29, 0.717) is 16.0 Å². The molecule has 1 aliphatic rings. The molecule has 0 aliphatic carbocycles. The first-order valence-electron chi connectivity index (χ1n) is 10.8. The third-order valence-corrected chi connectivity index (χ3v) is 7.32. The highest BCUT2D eigenvalue weighted by Gasteiger charge is 2.33. The van der Waals surface area contributed by atoms with Crippen molar-refractivity contribution < 1.29 is 0 Å². The molecule has 0 fully saturated rings. The molecule has 0 saturated heterocycles. The fraction of sp³-hybridized carbons (Fsp3) is 0.0741. The van der Waals surface area contributed by atoms with Gasteiger partial charge >= 0.3 is 0 Å². The van der Waals surface area contributed by atoms with Gasteiger partial charge in [-0.3, -0.25) is 0 Å². The van der Waals surface area contributed by atoms with Gasteiger partial charge in [0.2, 0.25) is 5.95 Å². The molecule has 166 valence electrons. The predicted octanol–water partition coefficient (Wildman–Crippen LogP) is 8.02. The van der Waals surface area contributed by atoms with E-state index < -0.39 is 0 Å². The summed E-state index contributed by atoms with van der Waals surface area (Å²) in [6, 6.07) is 27.9. The zero-order valence-electron chi connectivity index (χ0n) is 17.9. The van der Waals surface area contributed by atoms with Crippen molar-refractivity contribution in [3.63, 3.8) is 0 Å². The lowest BCUT2D eigenvalue weighted by atomic mass is 10.0. The largest absolute Gasteiger partial charge is 0.247 e. The van der Waals surface area contributed by atoms with Crippen molar-refractivity contribution in [2.75, 3.05) is 5.01 Å².